The first kappa shape index (κ1) is 17.9. The van der Waals surface area contributed by atoms with E-state index in [1.165, 1.54) is 32.3 Å². The first-order valence-corrected chi connectivity index (χ1v) is 9.12. The first-order chi connectivity index (χ1) is 10.7. The van der Waals surface area contributed by atoms with Crippen molar-refractivity contribution in [2.75, 3.05) is 19.4 Å². The number of benzene rings is 2. The molecule has 1 amide bonds. The minimum atomic E-state index is -3.65. The summed E-state index contributed by atoms with van der Waals surface area (Å²) in [4.78, 5) is 12.4. The molecule has 2 rings (SSSR count). The lowest BCUT2D eigenvalue weighted by Crippen LogP contribution is -2.23. The number of anilines is 1. The normalized spacial score (nSPS) is 11.5. The van der Waals surface area contributed by atoms with Crippen LogP contribution >= 0.6 is 27.5 Å². The van der Waals surface area contributed by atoms with Crippen LogP contribution in [0, 0.1) is 0 Å². The largest absolute Gasteiger partial charge is 0.321 e. The van der Waals surface area contributed by atoms with Crippen LogP contribution in [0.15, 0.2) is 51.8 Å². The van der Waals surface area contributed by atoms with Gasteiger partial charge in [0.25, 0.3) is 5.91 Å². The van der Waals surface area contributed by atoms with Crippen LogP contribution in [0.5, 0.6) is 0 Å². The summed E-state index contributed by atoms with van der Waals surface area (Å²) in [5.74, 6) is -0.488. The summed E-state index contributed by atoms with van der Waals surface area (Å²) in [6.45, 7) is 0. The van der Waals surface area contributed by atoms with E-state index in [1.807, 2.05) is 6.07 Å². The van der Waals surface area contributed by atoms with Crippen molar-refractivity contribution in [2.45, 2.75) is 4.90 Å². The zero-order valence-corrected chi connectivity index (χ0v) is 15.5. The highest BCUT2D eigenvalue weighted by atomic mass is 79.9. The van der Waals surface area contributed by atoms with Gasteiger partial charge in [0.15, 0.2) is 0 Å². The van der Waals surface area contributed by atoms with Crippen LogP contribution in [0.1, 0.15) is 10.4 Å². The van der Waals surface area contributed by atoms with Gasteiger partial charge in [-0.15, -0.1) is 0 Å². The van der Waals surface area contributed by atoms with E-state index in [-0.39, 0.29) is 15.5 Å². The van der Waals surface area contributed by atoms with Gasteiger partial charge < -0.3 is 5.32 Å². The molecule has 0 saturated carbocycles. The van der Waals surface area contributed by atoms with Crippen molar-refractivity contribution in [2.24, 2.45) is 0 Å². The Morgan fingerprint density at radius 3 is 2.43 bits per heavy atom. The van der Waals surface area contributed by atoms with Gasteiger partial charge in [-0.05, 0) is 46.3 Å². The van der Waals surface area contributed by atoms with Gasteiger partial charge in [0.2, 0.25) is 10.0 Å². The van der Waals surface area contributed by atoms with Gasteiger partial charge >= 0.3 is 0 Å². The third kappa shape index (κ3) is 3.92. The van der Waals surface area contributed by atoms with Gasteiger partial charge in [-0.25, -0.2) is 12.7 Å². The second kappa shape index (κ2) is 7.00. The van der Waals surface area contributed by atoms with Crippen molar-refractivity contribution in [3.05, 3.63) is 57.5 Å². The molecule has 0 saturated heterocycles. The summed E-state index contributed by atoms with van der Waals surface area (Å²) in [6.07, 6.45) is 0. The van der Waals surface area contributed by atoms with Crippen LogP contribution in [0.4, 0.5) is 5.69 Å². The van der Waals surface area contributed by atoms with E-state index < -0.39 is 15.9 Å². The van der Waals surface area contributed by atoms with Gasteiger partial charge in [0.05, 0.1) is 21.2 Å². The maximum absolute atomic E-state index is 12.4. The standard InChI is InChI=1S/C15H14BrClN2O3S/c1-19(2)23(21,22)10-7-8-13(17)11(9-10)15(20)18-14-6-4-3-5-12(14)16/h3-9H,1-2H3,(H,18,20). The van der Waals surface area contributed by atoms with Gasteiger partial charge in [0, 0.05) is 18.6 Å². The number of sulfonamides is 1. The molecule has 0 aromatic heterocycles. The van der Waals surface area contributed by atoms with Gasteiger partial charge in [-0.1, -0.05) is 23.7 Å². The SMILES string of the molecule is CN(C)S(=O)(=O)c1ccc(Cl)c(C(=O)Nc2ccccc2Br)c1. The molecule has 2 aromatic carbocycles. The van der Waals surface area contributed by atoms with Crippen molar-refractivity contribution in [3.63, 3.8) is 0 Å². The van der Waals surface area contributed by atoms with E-state index in [0.29, 0.717) is 10.2 Å². The highest BCUT2D eigenvalue weighted by Gasteiger charge is 2.21. The minimum Gasteiger partial charge on any atom is -0.321 e. The number of nitrogens with one attached hydrogen (secondary N) is 1. The van der Waals surface area contributed by atoms with Crippen molar-refractivity contribution in [1.29, 1.82) is 0 Å². The molecule has 8 heteroatoms. The van der Waals surface area contributed by atoms with Gasteiger partial charge in [-0.2, -0.15) is 0 Å². The van der Waals surface area contributed by atoms with Crippen LogP contribution < -0.4 is 5.32 Å². The molecule has 1 N–H and O–H groups in total. The highest BCUT2D eigenvalue weighted by molar-refractivity contribution is 9.10. The lowest BCUT2D eigenvalue weighted by atomic mass is 10.2. The molecule has 0 radical (unpaired) electrons. The number of hydrogen-bond acceptors (Lipinski definition) is 3. The quantitative estimate of drug-likeness (QED) is 0.826. The molecule has 23 heavy (non-hydrogen) atoms. The molecule has 2 aromatic rings. The number of halogens is 2. The molecule has 0 aliphatic heterocycles. The third-order valence-electron chi connectivity index (χ3n) is 3.08. The van der Waals surface area contributed by atoms with Crippen LogP contribution in [-0.2, 0) is 10.0 Å². The van der Waals surface area contributed by atoms with Crippen molar-refractivity contribution in [1.82, 2.24) is 4.31 Å². The Labute approximate surface area is 148 Å². The molecule has 0 bridgehead atoms. The Balaban J connectivity index is 2.40. The Kier molecular flexibility index (Phi) is 5.46. The number of amides is 1. The Morgan fingerprint density at radius 1 is 1.17 bits per heavy atom. The molecular formula is C15H14BrClN2O3S. The summed E-state index contributed by atoms with van der Waals surface area (Å²) in [6, 6.07) is 11.1. The zero-order valence-electron chi connectivity index (χ0n) is 12.4. The maximum atomic E-state index is 12.4. The average molecular weight is 418 g/mol. The molecule has 0 unspecified atom stereocenters. The zero-order chi connectivity index (χ0) is 17.2. The topological polar surface area (TPSA) is 66.5 Å². The highest BCUT2D eigenvalue weighted by Crippen LogP contribution is 2.25. The van der Waals surface area contributed by atoms with Crippen LogP contribution in [0.2, 0.25) is 5.02 Å². The molecule has 0 heterocycles. The smallest absolute Gasteiger partial charge is 0.257 e. The molecule has 0 atom stereocenters. The lowest BCUT2D eigenvalue weighted by Gasteiger charge is -2.13. The number of rotatable bonds is 4. The Bertz CT molecular complexity index is 854. The second-order valence-electron chi connectivity index (χ2n) is 4.86. The van der Waals surface area contributed by atoms with E-state index in [0.717, 1.165) is 4.31 Å². The predicted molar refractivity (Wildman–Crippen MR) is 94.4 cm³/mol. The predicted octanol–water partition coefficient (Wildman–Crippen LogP) is 3.61. The van der Waals surface area contributed by atoms with Gasteiger partial charge in [0.1, 0.15) is 0 Å². The van der Waals surface area contributed by atoms with Crippen LogP contribution in [-0.4, -0.2) is 32.7 Å². The van der Waals surface area contributed by atoms with E-state index in [2.05, 4.69) is 21.2 Å². The van der Waals surface area contributed by atoms with Crippen LogP contribution in [0.25, 0.3) is 0 Å². The van der Waals surface area contributed by atoms with E-state index >= 15 is 0 Å². The minimum absolute atomic E-state index is 0.00387. The second-order valence-corrected chi connectivity index (χ2v) is 8.28. The third-order valence-corrected chi connectivity index (χ3v) is 5.92. The fourth-order valence-corrected chi connectivity index (χ4v) is 3.32. The Hall–Kier alpha value is -1.41. The van der Waals surface area contributed by atoms with E-state index in [1.54, 1.807) is 18.2 Å². The fraction of sp³-hybridized carbons (Fsp3) is 0.133. The first-order valence-electron chi connectivity index (χ1n) is 6.51. The summed E-state index contributed by atoms with van der Waals surface area (Å²) in [5, 5.41) is 2.87. The number of nitrogens with zero attached hydrogens (tertiary/aromatic N) is 1. The summed E-state index contributed by atoms with van der Waals surface area (Å²) >= 11 is 9.38. The Morgan fingerprint density at radius 2 is 1.83 bits per heavy atom. The van der Waals surface area contributed by atoms with E-state index in [4.69, 9.17) is 11.6 Å². The number of para-hydroxylation sites is 1. The van der Waals surface area contributed by atoms with Crippen molar-refractivity contribution < 1.29 is 13.2 Å². The molecule has 0 fully saturated rings. The molecule has 0 aliphatic rings. The lowest BCUT2D eigenvalue weighted by molar-refractivity contribution is 0.102. The fourth-order valence-electron chi connectivity index (χ4n) is 1.80. The van der Waals surface area contributed by atoms with Gasteiger partial charge in [-0.3, -0.25) is 4.79 Å². The molecular weight excluding hydrogens is 404 g/mol. The van der Waals surface area contributed by atoms with Crippen molar-refractivity contribution >= 4 is 49.1 Å². The summed E-state index contributed by atoms with van der Waals surface area (Å²) < 4.78 is 26.1. The number of hydrogen-bond donors (Lipinski definition) is 1. The molecule has 122 valence electrons. The summed E-state index contributed by atoms with van der Waals surface area (Å²) in [7, 11) is -0.802. The average Bonchev–Trinajstić information content (AvgIpc) is 2.49. The molecule has 0 spiro atoms. The number of carbonyl (C=O) groups excluding carboxylic acids is 1. The molecule has 5 nitrogen and oxygen atoms in total. The summed E-state index contributed by atoms with van der Waals surface area (Å²) in [5.41, 5.74) is 0.653. The van der Waals surface area contributed by atoms with Crippen molar-refractivity contribution in [3.8, 4) is 0 Å². The number of carbonyl (C=O) groups is 1. The monoisotopic (exact) mass is 416 g/mol. The molecule has 0 aliphatic carbocycles. The van der Waals surface area contributed by atoms with E-state index in [9.17, 15) is 13.2 Å². The van der Waals surface area contributed by atoms with Crippen LogP contribution in [0.3, 0.4) is 0 Å². The maximum Gasteiger partial charge on any atom is 0.257 e.